The summed E-state index contributed by atoms with van der Waals surface area (Å²) in [6, 6.07) is 0. The van der Waals surface area contributed by atoms with Gasteiger partial charge in [-0.05, 0) is 52.6 Å². The molecule has 9 heteroatoms. The van der Waals surface area contributed by atoms with Crippen molar-refractivity contribution in [2.75, 3.05) is 32.7 Å². The number of piperidine rings is 1. The van der Waals surface area contributed by atoms with Crippen LogP contribution >= 0.6 is 46.7 Å². The van der Waals surface area contributed by atoms with Crippen molar-refractivity contribution in [1.29, 1.82) is 0 Å². The summed E-state index contributed by atoms with van der Waals surface area (Å²) >= 11 is 3.45. The lowest BCUT2D eigenvalue weighted by molar-refractivity contribution is 0.179. The molecule has 29 heavy (non-hydrogen) atoms. The Morgan fingerprint density at radius 2 is 1.76 bits per heavy atom. The fourth-order valence-electron chi connectivity index (χ4n) is 3.43. The van der Waals surface area contributed by atoms with Crippen molar-refractivity contribution in [2.24, 2.45) is 10.9 Å². The predicted molar refractivity (Wildman–Crippen MR) is 135 cm³/mol. The van der Waals surface area contributed by atoms with E-state index < -0.39 is 0 Å². The molecule has 0 spiro atoms. The number of hydrogen-bond acceptors (Lipinski definition) is 6. The number of hydrogen-bond donors (Lipinski definition) is 2. The van der Waals surface area contributed by atoms with Crippen LogP contribution < -0.4 is 10.6 Å². The van der Waals surface area contributed by atoms with Gasteiger partial charge in [0.05, 0.1) is 21.4 Å². The van der Waals surface area contributed by atoms with Crippen molar-refractivity contribution in [3.05, 3.63) is 32.2 Å². The zero-order chi connectivity index (χ0) is 19.8. The molecule has 6 nitrogen and oxygen atoms in total. The molecule has 0 radical (unpaired) electrons. The van der Waals surface area contributed by atoms with Crippen LogP contribution in [0.3, 0.4) is 0 Å². The maximum atomic E-state index is 4.83. The van der Waals surface area contributed by atoms with Gasteiger partial charge in [0.1, 0.15) is 0 Å². The van der Waals surface area contributed by atoms with E-state index in [-0.39, 0.29) is 24.0 Å². The Morgan fingerprint density at radius 1 is 1.10 bits per heavy atom. The van der Waals surface area contributed by atoms with Crippen molar-refractivity contribution >= 4 is 52.6 Å². The van der Waals surface area contributed by atoms with Crippen LogP contribution in [0.15, 0.2) is 15.8 Å². The number of nitrogens with one attached hydrogen (secondary N) is 2. The van der Waals surface area contributed by atoms with E-state index in [0.717, 1.165) is 67.4 Å². The van der Waals surface area contributed by atoms with Gasteiger partial charge in [0, 0.05) is 43.4 Å². The van der Waals surface area contributed by atoms with Crippen LogP contribution in [0.25, 0.3) is 0 Å². The molecule has 3 rings (SSSR count). The molecule has 162 valence electrons. The van der Waals surface area contributed by atoms with Gasteiger partial charge in [-0.2, -0.15) is 0 Å². The molecule has 2 aromatic heterocycles. The average Bonchev–Trinajstić information content (AvgIpc) is 3.29. The molecule has 2 N–H and O–H groups in total. The maximum Gasteiger partial charge on any atom is 0.191 e. The fraction of sp³-hybridized carbons (Fsp3) is 0.650. The number of aliphatic imine (C=N–C) groups is 1. The highest BCUT2D eigenvalue weighted by Gasteiger charge is 2.19. The first-order valence-corrected chi connectivity index (χ1v) is 11.9. The molecular formula is C20H33IN6S2. The second-order valence-electron chi connectivity index (χ2n) is 7.33. The summed E-state index contributed by atoms with van der Waals surface area (Å²) in [5.41, 5.74) is 2.38. The van der Waals surface area contributed by atoms with Gasteiger partial charge < -0.3 is 10.6 Å². The number of aromatic nitrogens is 2. The maximum absolute atomic E-state index is 4.83. The summed E-state index contributed by atoms with van der Waals surface area (Å²) in [7, 11) is 0. The third-order valence-corrected chi connectivity index (χ3v) is 6.60. The van der Waals surface area contributed by atoms with Gasteiger partial charge in [-0.3, -0.25) is 9.89 Å². The van der Waals surface area contributed by atoms with E-state index in [4.69, 9.17) is 4.99 Å². The average molecular weight is 549 g/mol. The molecule has 3 heterocycles. The van der Waals surface area contributed by atoms with Crippen LogP contribution in [-0.4, -0.2) is 53.6 Å². The molecule has 0 amide bonds. The molecule has 1 aliphatic heterocycles. The van der Waals surface area contributed by atoms with E-state index in [2.05, 4.69) is 57.0 Å². The van der Waals surface area contributed by atoms with E-state index >= 15 is 0 Å². The van der Waals surface area contributed by atoms with Gasteiger partial charge in [0.2, 0.25) is 0 Å². The van der Waals surface area contributed by atoms with Crippen molar-refractivity contribution in [3.8, 4) is 0 Å². The molecule has 0 saturated carbocycles. The molecule has 1 fully saturated rings. The van der Waals surface area contributed by atoms with E-state index in [9.17, 15) is 0 Å². The minimum Gasteiger partial charge on any atom is -0.357 e. The summed E-state index contributed by atoms with van der Waals surface area (Å²) < 4.78 is 0. The number of nitrogens with zero attached hydrogens (tertiary/aromatic N) is 4. The molecular weight excluding hydrogens is 515 g/mol. The highest BCUT2D eigenvalue weighted by Crippen LogP contribution is 2.20. The van der Waals surface area contributed by atoms with E-state index in [1.54, 1.807) is 22.7 Å². The highest BCUT2D eigenvalue weighted by atomic mass is 127. The highest BCUT2D eigenvalue weighted by molar-refractivity contribution is 14.0. The predicted octanol–water partition coefficient (Wildman–Crippen LogP) is 3.84. The van der Waals surface area contributed by atoms with E-state index in [1.165, 1.54) is 18.5 Å². The monoisotopic (exact) mass is 548 g/mol. The number of thiazole rings is 2. The van der Waals surface area contributed by atoms with E-state index in [1.807, 2.05) is 0 Å². The first-order chi connectivity index (χ1) is 13.6. The Balaban J connectivity index is 0.00000300. The summed E-state index contributed by atoms with van der Waals surface area (Å²) in [4.78, 5) is 16.5. The molecule has 1 saturated heterocycles. The Kier molecular flexibility index (Phi) is 10.8. The smallest absolute Gasteiger partial charge is 0.191 e. The summed E-state index contributed by atoms with van der Waals surface area (Å²) in [5, 5.41) is 13.4. The topological polar surface area (TPSA) is 65.4 Å². The number of guanidine groups is 1. The van der Waals surface area contributed by atoms with E-state index in [0.29, 0.717) is 5.92 Å². The second-order valence-corrected chi connectivity index (χ2v) is 9.46. The second kappa shape index (κ2) is 12.8. The van der Waals surface area contributed by atoms with Crippen LogP contribution in [0.2, 0.25) is 0 Å². The third-order valence-electron chi connectivity index (χ3n) is 4.95. The zero-order valence-corrected chi connectivity index (χ0v) is 21.6. The zero-order valence-electron chi connectivity index (χ0n) is 17.6. The van der Waals surface area contributed by atoms with Crippen LogP contribution in [-0.2, 0) is 13.0 Å². The van der Waals surface area contributed by atoms with Crippen LogP contribution in [0.5, 0.6) is 0 Å². The lowest BCUT2D eigenvalue weighted by Crippen LogP contribution is -2.39. The Bertz CT molecular complexity index is 752. The van der Waals surface area contributed by atoms with Gasteiger partial charge in [-0.15, -0.1) is 46.7 Å². The normalized spacial score (nSPS) is 15.9. The van der Waals surface area contributed by atoms with Crippen LogP contribution in [0.4, 0.5) is 0 Å². The summed E-state index contributed by atoms with van der Waals surface area (Å²) in [6.07, 6.45) is 3.36. The Morgan fingerprint density at radius 3 is 2.34 bits per heavy atom. The molecule has 2 aromatic rings. The van der Waals surface area contributed by atoms with Gasteiger partial charge in [-0.25, -0.2) is 9.97 Å². The summed E-state index contributed by atoms with van der Waals surface area (Å²) in [6.45, 7) is 12.2. The standard InChI is InChI=1S/C20H32N6S2.HI/c1-4-21-20(22-8-5-18-13-27-15(2)24-18)23-11-17-6-9-26(10-7-17)12-19-14-28-16(3)25-19;/h13-14,17H,4-12H2,1-3H3,(H2,21,22,23);1H. The number of aryl methyl sites for hydroxylation is 2. The molecule has 0 unspecified atom stereocenters. The van der Waals surface area contributed by atoms with Gasteiger partial charge in [0.15, 0.2) is 5.96 Å². The van der Waals surface area contributed by atoms with Crippen molar-refractivity contribution in [1.82, 2.24) is 25.5 Å². The van der Waals surface area contributed by atoms with Crippen molar-refractivity contribution in [3.63, 3.8) is 0 Å². The van der Waals surface area contributed by atoms with Crippen molar-refractivity contribution in [2.45, 2.75) is 46.6 Å². The first kappa shape index (κ1) is 24.5. The van der Waals surface area contributed by atoms with Crippen molar-refractivity contribution < 1.29 is 0 Å². The third kappa shape index (κ3) is 8.47. The Hall–Kier alpha value is -0.780. The first-order valence-electron chi connectivity index (χ1n) is 10.2. The summed E-state index contributed by atoms with van der Waals surface area (Å²) in [5.74, 6) is 1.60. The lowest BCUT2D eigenvalue weighted by atomic mass is 9.97. The Labute approximate surface area is 199 Å². The molecule has 0 aliphatic carbocycles. The van der Waals surface area contributed by atoms with Gasteiger partial charge in [-0.1, -0.05) is 0 Å². The lowest BCUT2D eigenvalue weighted by Gasteiger charge is -2.30. The SMILES string of the molecule is CCNC(=NCC1CCN(Cc2csc(C)n2)CC1)NCCc1csc(C)n1.I. The fourth-order valence-corrected chi connectivity index (χ4v) is 4.68. The molecule has 0 atom stereocenters. The molecule has 0 bridgehead atoms. The van der Waals surface area contributed by atoms with Crippen LogP contribution in [0.1, 0.15) is 41.2 Å². The van der Waals surface area contributed by atoms with Gasteiger partial charge in [0.25, 0.3) is 0 Å². The van der Waals surface area contributed by atoms with Gasteiger partial charge >= 0.3 is 0 Å². The van der Waals surface area contributed by atoms with Crippen LogP contribution in [0, 0.1) is 19.8 Å². The minimum absolute atomic E-state index is 0. The number of likely N-dealkylation sites (tertiary alicyclic amines) is 1. The number of halogens is 1. The largest absolute Gasteiger partial charge is 0.357 e. The molecule has 1 aliphatic rings. The molecule has 0 aromatic carbocycles. The quantitative estimate of drug-likeness (QED) is 0.298. The minimum atomic E-state index is 0. The number of rotatable bonds is 8.